The number of anilines is 2. The number of carbonyl (C=O) groups is 2. The molecule has 0 bridgehead atoms. The highest BCUT2D eigenvalue weighted by Gasteiger charge is 2.15. The molecule has 7 heteroatoms. The molecule has 0 radical (unpaired) electrons. The van der Waals surface area contributed by atoms with E-state index in [1.54, 1.807) is 6.07 Å². The van der Waals surface area contributed by atoms with E-state index in [0.29, 0.717) is 5.69 Å². The Kier molecular flexibility index (Phi) is 6.11. The van der Waals surface area contributed by atoms with Crippen molar-refractivity contribution in [3.8, 4) is 0 Å². The molecule has 2 aromatic rings. The number of hydrogen-bond donors (Lipinski definition) is 1. The normalized spacial score (nSPS) is 13.7. The maximum absolute atomic E-state index is 14.0. The molecule has 1 amide bonds. The predicted molar refractivity (Wildman–Crippen MR) is 104 cm³/mol. The molecular formula is C20H20F2N2O2S. The average Bonchev–Trinajstić information content (AvgIpc) is 3.14. The zero-order valence-corrected chi connectivity index (χ0v) is 15.7. The predicted octanol–water partition coefficient (Wildman–Crippen LogP) is 4.50. The minimum absolute atomic E-state index is 0.0219. The lowest BCUT2D eigenvalue weighted by Gasteiger charge is -2.18. The molecule has 1 aliphatic heterocycles. The SMILES string of the molecule is CC(=O)c1ccc(SCC(=O)Nc2cc(F)cc(N3CCCC3)c2)c(F)c1. The van der Waals surface area contributed by atoms with E-state index < -0.39 is 11.6 Å². The average molecular weight is 390 g/mol. The fourth-order valence-electron chi connectivity index (χ4n) is 2.98. The highest BCUT2D eigenvalue weighted by molar-refractivity contribution is 8.00. The summed E-state index contributed by atoms with van der Waals surface area (Å²) in [7, 11) is 0. The van der Waals surface area contributed by atoms with E-state index in [9.17, 15) is 18.4 Å². The number of benzene rings is 2. The van der Waals surface area contributed by atoms with Crippen LogP contribution in [0.15, 0.2) is 41.3 Å². The maximum atomic E-state index is 14.0. The first-order valence-electron chi connectivity index (χ1n) is 8.71. The van der Waals surface area contributed by atoms with E-state index in [1.165, 1.54) is 31.2 Å². The number of Topliss-reactive ketones (excluding diaryl/α,β-unsaturated/α-hetero) is 1. The van der Waals surface area contributed by atoms with E-state index in [1.807, 2.05) is 0 Å². The Morgan fingerprint density at radius 1 is 1.11 bits per heavy atom. The monoisotopic (exact) mass is 390 g/mol. The lowest BCUT2D eigenvalue weighted by atomic mass is 10.1. The second-order valence-corrected chi connectivity index (χ2v) is 7.45. The van der Waals surface area contributed by atoms with Gasteiger partial charge in [-0.05, 0) is 50.1 Å². The van der Waals surface area contributed by atoms with Crippen molar-refractivity contribution in [3.63, 3.8) is 0 Å². The number of ketones is 1. The summed E-state index contributed by atoms with van der Waals surface area (Å²) in [4.78, 5) is 25.8. The number of nitrogens with one attached hydrogen (secondary N) is 1. The number of halogens is 2. The second-order valence-electron chi connectivity index (χ2n) is 6.43. The van der Waals surface area contributed by atoms with E-state index >= 15 is 0 Å². The van der Waals surface area contributed by atoms with Gasteiger partial charge in [-0.3, -0.25) is 9.59 Å². The van der Waals surface area contributed by atoms with Gasteiger partial charge < -0.3 is 10.2 Å². The first-order valence-corrected chi connectivity index (χ1v) is 9.69. The van der Waals surface area contributed by atoms with Crippen molar-refractivity contribution in [3.05, 3.63) is 53.6 Å². The Morgan fingerprint density at radius 3 is 2.52 bits per heavy atom. The van der Waals surface area contributed by atoms with E-state index in [4.69, 9.17) is 0 Å². The summed E-state index contributed by atoms with van der Waals surface area (Å²) in [6.45, 7) is 3.12. The van der Waals surface area contributed by atoms with Gasteiger partial charge in [0.1, 0.15) is 11.6 Å². The van der Waals surface area contributed by atoms with Crippen LogP contribution in [0.1, 0.15) is 30.1 Å². The molecule has 1 fully saturated rings. The molecule has 142 valence electrons. The lowest BCUT2D eigenvalue weighted by molar-refractivity contribution is -0.113. The third-order valence-electron chi connectivity index (χ3n) is 4.33. The van der Waals surface area contributed by atoms with Crippen molar-refractivity contribution in [2.24, 2.45) is 0 Å². The number of carbonyl (C=O) groups excluding carboxylic acids is 2. The van der Waals surface area contributed by atoms with Crippen molar-refractivity contribution in [1.29, 1.82) is 0 Å². The molecular weight excluding hydrogens is 370 g/mol. The van der Waals surface area contributed by atoms with Gasteiger partial charge in [-0.1, -0.05) is 6.07 Å². The zero-order valence-electron chi connectivity index (χ0n) is 14.9. The Morgan fingerprint density at radius 2 is 1.85 bits per heavy atom. The molecule has 27 heavy (non-hydrogen) atoms. The van der Waals surface area contributed by atoms with Crippen LogP contribution in [0.2, 0.25) is 0 Å². The Balaban J connectivity index is 1.62. The van der Waals surface area contributed by atoms with Gasteiger partial charge in [-0.25, -0.2) is 8.78 Å². The van der Waals surface area contributed by atoms with Crippen LogP contribution in [-0.4, -0.2) is 30.5 Å². The van der Waals surface area contributed by atoms with Gasteiger partial charge in [0.05, 0.1) is 5.75 Å². The number of hydrogen-bond acceptors (Lipinski definition) is 4. The first-order chi connectivity index (χ1) is 12.9. The van der Waals surface area contributed by atoms with E-state index in [0.717, 1.165) is 49.4 Å². The van der Waals surface area contributed by atoms with E-state index in [2.05, 4.69) is 10.2 Å². The van der Waals surface area contributed by atoms with Crippen LogP contribution >= 0.6 is 11.8 Å². The second kappa shape index (κ2) is 8.52. The topological polar surface area (TPSA) is 49.4 Å². The fourth-order valence-corrected chi connectivity index (χ4v) is 3.70. The van der Waals surface area contributed by atoms with Crippen LogP contribution in [0.25, 0.3) is 0 Å². The molecule has 0 saturated carbocycles. The molecule has 0 unspecified atom stereocenters. The summed E-state index contributed by atoms with van der Waals surface area (Å²) in [6, 6.07) is 8.65. The summed E-state index contributed by atoms with van der Waals surface area (Å²) < 4.78 is 27.9. The Labute approximate surface area is 160 Å². The van der Waals surface area contributed by atoms with Gasteiger partial charge >= 0.3 is 0 Å². The molecule has 2 aromatic carbocycles. The zero-order chi connectivity index (χ0) is 19.4. The summed E-state index contributed by atoms with van der Waals surface area (Å²) in [5, 5.41) is 2.66. The van der Waals surface area contributed by atoms with Gasteiger partial charge in [0, 0.05) is 34.9 Å². The van der Waals surface area contributed by atoms with Gasteiger partial charge in [-0.2, -0.15) is 0 Å². The molecule has 0 spiro atoms. The summed E-state index contributed by atoms with van der Waals surface area (Å²) in [5.41, 5.74) is 1.42. The number of rotatable bonds is 6. The van der Waals surface area contributed by atoms with Gasteiger partial charge in [0.25, 0.3) is 0 Å². The molecule has 1 saturated heterocycles. The van der Waals surface area contributed by atoms with Crippen LogP contribution in [0.4, 0.5) is 20.2 Å². The Hall–Kier alpha value is -2.41. The molecule has 0 atom stereocenters. The van der Waals surface area contributed by atoms with Crippen LogP contribution < -0.4 is 10.2 Å². The van der Waals surface area contributed by atoms with Crippen molar-refractivity contribution in [2.45, 2.75) is 24.7 Å². The number of amides is 1. The third-order valence-corrected chi connectivity index (χ3v) is 5.38. The van der Waals surface area contributed by atoms with Crippen LogP contribution in [0, 0.1) is 11.6 Å². The minimum atomic E-state index is -0.539. The van der Waals surface area contributed by atoms with Crippen molar-refractivity contribution < 1.29 is 18.4 Å². The maximum Gasteiger partial charge on any atom is 0.234 e. The molecule has 3 rings (SSSR count). The van der Waals surface area contributed by atoms with Gasteiger partial charge in [0.2, 0.25) is 5.91 Å². The summed E-state index contributed by atoms with van der Waals surface area (Å²) >= 11 is 1.03. The quantitative estimate of drug-likeness (QED) is 0.583. The molecule has 4 nitrogen and oxygen atoms in total. The van der Waals surface area contributed by atoms with Crippen molar-refractivity contribution in [2.75, 3.05) is 29.1 Å². The third kappa shape index (κ3) is 5.07. The smallest absolute Gasteiger partial charge is 0.234 e. The number of nitrogens with zero attached hydrogens (tertiary/aromatic N) is 1. The van der Waals surface area contributed by atoms with Gasteiger partial charge in [0.15, 0.2) is 5.78 Å². The minimum Gasteiger partial charge on any atom is -0.371 e. The summed E-state index contributed by atoms with van der Waals surface area (Å²) in [6.07, 6.45) is 2.14. The first kappa shape index (κ1) is 19.4. The van der Waals surface area contributed by atoms with Crippen LogP contribution in [0.5, 0.6) is 0 Å². The number of thioether (sulfide) groups is 1. The molecule has 1 N–H and O–H groups in total. The highest BCUT2D eigenvalue weighted by Crippen LogP contribution is 2.26. The van der Waals surface area contributed by atoms with E-state index in [-0.39, 0.29) is 27.9 Å². The molecule has 0 aliphatic carbocycles. The highest BCUT2D eigenvalue weighted by atomic mass is 32.2. The largest absolute Gasteiger partial charge is 0.371 e. The molecule has 0 aromatic heterocycles. The van der Waals surface area contributed by atoms with Crippen molar-refractivity contribution >= 4 is 34.8 Å². The van der Waals surface area contributed by atoms with Crippen molar-refractivity contribution in [1.82, 2.24) is 0 Å². The molecule has 1 heterocycles. The Bertz CT molecular complexity index is 867. The lowest BCUT2D eigenvalue weighted by Crippen LogP contribution is -2.19. The van der Waals surface area contributed by atoms with Gasteiger partial charge in [-0.15, -0.1) is 11.8 Å². The fraction of sp³-hybridized carbons (Fsp3) is 0.300. The summed E-state index contributed by atoms with van der Waals surface area (Å²) in [5.74, 6) is -1.54. The molecule has 1 aliphatic rings. The van der Waals surface area contributed by atoms with Crippen LogP contribution in [-0.2, 0) is 4.79 Å². The standard InChI is InChI=1S/C20H20F2N2O2S/c1-13(25)14-4-5-19(18(22)8-14)27-12-20(26)23-16-9-15(21)10-17(11-16)24-6-2-3-7-24/h4-5,8-11H,2-3,6-7,12H2,1H3,(H,23,26). The van der Waals surface area contributed by atoms with Crippen LogP contribution in [0.3, 0.4) is 0 Å².